The molecular weight excluding hydrogens is 1030 g/mol. The van der Waals surface area contributed by atoms with Crippen molar-refractivity contribution in [2.45, 2.75) is 167 Å². The fraction of sp³-hybridized carbons (Fsp3) is 0.556. The minimum Gasteiger partial charge on any atom is -0.393 e. The summed E-state index contributed by atoms with van der Waals surface area (Å²) in [6, 6.07) is 11.4. The van der Waals surface area contributed by atoms with Crippen molar-refractivity contribution in [2.75, 3.05) is 35.2 Å². The molecule has 10 atom stereocenters. The van der Waals surface area contributed by atoms with Gasteiger partial charge in [-0.05, 0) is 101 Å². The van der Waals surface area contributed by atoms with Gasteiger partial charge >= 0.3 is 0 Å². The average Bonchev–Trinajstić information content (AvgIpc) is 3.31. The molecular formula is C54H76F2N6O12S2. The highest BCUT2D eigenvalue weighted by Gasteiger charge is 2.30. The first kappa shape index (κ1) is 62.0. The molecule has 2 unspecified atom stereocenters. The molecule has 76 heavy (non-hydrogen) atoms. The van der Waals surface area contributed by atoms with E-state index < -0.39 is 68.7 Å². The molecule has 6 rings (SSSR count). The number of aromatic nitrogens is 4. The van der Waals surface area contributed by atoms with E-state index in [1.165, 1.54) is 50.5 Å². The molecule has 4 N–H and O–H groups in total. The minimum atomic E-state index is -3.63. The Balaban J connectivity index is 0.000000281. The highest BCUT2D eigenvalue weighted by atomic mass is 32.2. The van der Waals surface area contributed by atoms with Gasteiger partial charge in [0.15, 0.2) is 12.6 Å². The maximum atomic E-state index is 13.7. The second-order valence-corrected chi connectivity index (χ2v) is 24.4. The molecule has 0 aliphatic carbocycles. The zero-order valence-electron chi connectivity index (χ0n) is 45.4. The molecule has 18 nitrogen and oxygen atoms in total. The Kier molecular flexibility index (Phi) is 22.1. The number of aliphatic hydroxyl groups excluding tert-OH is 4. The van der Waals surface area contributed by atoms with Crippen LogP contribution in [0.1, 0.15) is 128 Å². The van der Waals surface area contributed by atoms with Crippen molar-refractivity contribution >= 4 is 44.1 Å². The van der Waals surface area contributed by atoms with Crippen molar-refractivity contribution in [1.82, 2.24) is 19.9 Å². The van der Waals surface area contributed by atoms with Crippen molar-refractivity contribution < 1.29 is 65.0 Å². The topological polar surface area (TPSA) is 244 Å². The van der Waals surface area contributed by atoms with Gasteiger partial charge in [-0.15, -0.1) is 0 Å². The number of sulfonamides is 2. The molecule has 4 heterocycles. The molecule has 0 radical (unpaired) electrons. The van der Waals surface area contributed by atoms with Gasteiger partial charge in [0, 0.05) is 62.0 Å². The number of hydrogen-bond acceptors (Lipinski definition) is 16. The third kappa shape index (κ3) is 18.1. The first-order valence-electron chi connectivity index (χ1n) is 25.4. The summed E-state index contributed by atoms with van der Waals surface area (Å²) in [5, 5.41) is 42.5. The Morgan fingerprint density at radius 2 is 0.868 bits per heavy atom. The molecule has 420 valence electrons. The summed E-state index contributed by atoms with van der Waals surface area (Å²) in [5.41, 5.74) is 4.14. The first-order chi connectivity index (χ1) is 35.5. The van der Waals surface area contributed by atoms with Crippen molar-refractivity contribution in [3.05, 3.63) is 94.8 Å². The molecule has 2 aromatic heterocycles. The molecule has 2 fully saturated rings. The molecule has 2 aromatic carbocycles. The van der Waals surface area contributed by atoms with E-state index in [0.717, 1.165) is 34.0 Å². The van der Waals surface area contributed by atoms with Crippen LogP contribution < -0.4 is 8.61 Å². The largest absolute Gasteiger partial charge is 0.393 e. The molecule has 22 heteroatoms. The van der Waals surface area contributed by atoms with Gasteiger partial charge in [0.25, 0.3) is 0 Å². The van der Waals surface area contributed by atoms with Gasteiger partial charge in [0.1, 0.15) is 11.6 Å². The summed E-state index contributed by atoms with van der Waals surface area (Å²) in [7, 11) is -4.53. The van der Waals surface area contributed by atoms with Crippen LogP contribution in [0.25, 0.3) is 34.7 Å². The number of aliphatic hydroxyl groups is 4. The third-order valence-corrected chi connectivity index (χ3v) is 14.9. The summed E-state index contributed by atoms with van der Waals surface area (Å²) in [4.78, 5) is 18.1. The Morgan fingerprint density at radius 3 is 1.14 bits per heavy atom. The maximum absolute atomic E-state index is 13.7. The fourth-order valence-electron chi connectivity index (χ4n) is 8.64. The number of benzene rings is 2. The number of ether oxygens (including phenoxy) is 4. The van der Waals surface area contributed by atoms with Crippen molar-refractivity contribution in [1.29, 1.82) is 0 Å². The minimum absolute atomic E-state index is 0.0143. The normalized spacial score (nSPS) is 22.1. The van der Waals surface area contributed by atoms with E-state index in [2.05, 4.69) is 19.9 Å². The highest BCUT2D eigenvalue weighted by Crippen LogP contribution is 2.34. The van der Waals surface area contributed by atoms with Crippen LogP contribution in [0.4, 0.5) is 20.7 Å². The Labute approximate surface area is 447 Å². The zero-order valence-corrected chi connectivity index (χ0v) is 47.0. The predicted octanol–water partition coefficient (Wildman–Crippen LogP) is 7.71. The smallest absolute Gasteiger partial charge is 0.239 e. The molecule has 2 saturated heterocycles. The van der Waals surface area contributed by atoms with Crippen LogP contribution in [0.5, 0.6) is 0 Å². The van der Waals surface area contributed by atoms with Crippen LogP contribution in [0.2, 0.25) is 0 Å². The van der Waals surface area contributed by atoms with Crippen LogP contribution in [0.15, 0.2) is 60.7 Å². The monoisotopic (exact) mass is 1100 g/mol. The molecule has 0 saturated carbocycles. The summed E-state index contributed by atoms with van der Waals surface area (Å²) < 4.78 is 101. The van der Waals surface area contributed by atoms with Gasteiger partial charge in [0.05, 0.1) is 84.1 Å². The molecule has 0 bridgehead atoms. The van der Waals surface area contributed by atoms with Crippen molar-refractivity contribution in [2.24, 2.45) is 0 Å². The number of nitrogens with zero attached hydrogens (tertiary/aromatic N) is 6. The van der Waals surface area contributed by atoms with Gasteiger partial charge in [-0.2, -0.15) is 0 Å². The molecule has 2 aliphatic rings. The lowest BCUT2D eigenvalue weighted by Crippen LogP contribution is -2.37. The Morgan fingerprint density at radius 1 is 0.566 bits per heavy atom. The van der Waals surface area contributed by atoms with Gasteiger partial charge in [0.2, 0.25) is 31.9 Å². The lowest BCUT2D eigenvalue weighted by Gasteiger charge is -2.33. The number of halogens is 2. The molecule has 4 aromatic rings. The van der Waals surface area contributed by atoms with E-state index in [1.54, 1.807) is 36.4 Å². The lowest BCUT2D eigenvalue weighted by molar-refractivity contribution is -0.244. The van der Waals surface area contributed by atoms with E-state index >= 15 is 0 Å². The number of hydrogen-bond donors (Lipinski definition) is 4. The first-order valence-corrected chi connectivity index (χ1v) is 29.1. The predicted molar refractivity (Wildman–Crippen MR) is 289 cm³/mol. The quantitative estimate of drug-likeness (QED) is 0.0662. The van der Waals surface area contributed by atoms with E-state index in [4.69, 9.17) is 18.9 Å². The summed E-state index contributed by atoms with van der Waals surface area (Å²) in [6.45, 7) is 15.5. The zero-order chi connectivity index (χ0) is 56.4. The molecule has 0 spiro atoms. The Bertz CT molecular complexity index is 2620. The Hall–Kier alpha value is -4.88. The highest BCUT2D eigenvalue weighted by molar-refractivity contribution is 7.92. The van der Waals surface area contributed by atoms with Gasteiger partial charge < -0.3 is 39.4 Å². The number of rotatable bonds is 20. The second-order valence-electron chi connectivity index (χ2n) is 20.3. The van der Waals surface area contributed by atoms with Crippen LogP contribution in [-0.4, -0.2) is 145 Å². The molecule has 0 amide bonds. The van der Waals surface area contributed by atoms with E-state index in [1.807, 2.05) is 55.4 Å². The third-order valence-electron chi connectivity index (χ3n) is 12.6. The average molecular weight is 1100 g/mol. The number of anilines is 2. The van der Waals surface area contributed by atoms with Crippen LogP contribution in [-0.2, 0) is 39.0 Å². The van der Waals surface area contributed by atoms with Crippen LogP contribution >= 0.6 is 0 Å². The standard InChI is InChI=1S/2C27H38FN3O6S/c2*1-16(2)25-23(12-11-21(32)14-22(33)15-24-36-17(3)13-18(4)37-24)26(19-7-9-20(28)10-8-19)30-27(29-25)31(5)38(6,34)35/h2*7-12,16-18,21-22,24,32-33H,13-15H2,1-6H3/b2*12-11+/t2*17-,18+,21-,22-,24?/m11/s1. The van der Waals surface area contributed by atoms with Crippen molar-refractivity contribution in [3.8, 4) is 22.5 Å². The van der Waals surface area contributed by atoms with Crippen LogP contribution in [0, 0.1) is 11.6 Å². The fourth-order valence-corrected chi connectivity index (χ4v) is 9.39. The van der Waals surface area contributed by atoms with Gasteiger partial charge in [-0.3, -0.25) is 0 Å². The van der Waals surface area contributed by atoms with E-state index in [-0.39, 0.29) is 73.8 Å². The second kappa shape index (κ2) is 27.1. The molecule has 2 aliphatic heterocycles. The van der Waals surface area contributed by atoms with E-state index in [0.29, 0.717) is 45.0 Å². The summed E-state index contributed by atoms with van der Waals surface area (Å²) in [6.07, 6.45) is 5.99. The lowest BCUT2D eigenvalue weighted by atomic mass is 9.97. The SMILES string of the molecule is CC(C)c1nc(N(C)S(C)(=O)=O)nc(-c2ccc(F)cc2)c1/C=C/[C@@H](O)C[C@@H](O)CC1O[C@H](C)C[C@H](C)O1.CC(C)c1nc(N(C)S(C)(=O)=O)nc(-c2ccc(F)cc2)c1/C=C/[C@@H](O)C[C@@H](O)CC1O[C@H](C)C[C@H](C)O1. The summed E-state index contributed by atoms with van der Waals surface area (Å²) in [5.74, 6) is -1.13. The van der Waals surface area contributed by atoms with Gasteiger partial charge in [-0.25, -0.2) is 54.2 Å². The summed E-state index contributed by atoms with van der Waals surface area (Å²) >= 11 is 0. The van der Waals surface area contributed by atoms with Crippen molar-refractivity contribution in [3.63, 3.8) is 0 Å². The van der Waals surface area contributed by atoms with Gasteiger partial charge in [-0.1, -0.05) is 52.0 Å². The van der Waals surface area contributed by atoms with E-state index in [9.17, 15) is 46.0 Å². The maximum Gasteiger partial charge on any atom is 0.239 e. The van der Waals surface area contributed by atoms with Crippen LogP contribution in [0.3, 0.4) is 0 Å².